The first-order valence-corrected chi connectivity index (χ1v) is 8.18. The summed E-state index contributed by atoms with van der Waals surface area (Å²) in [5.41, 5.74) is 3.22. The molecule has 0 saturated heterocycles. The molecule has 0 radical (unpaired) electrons. The van der Waals surface area contributed by atoms with Gasteiger partial charge in [0.2, 0.25) is 0 Å². The van der Waals surface area contributed by atoms with Crippen LogP contribution in [-0.2, 0) is 6.54 Å². The summed E-state index contributed by atoms with van der Waals surface area (Å²) in [5, 5.41) is 2.85. The van der Waals surface area contributed by atoms with E-state index in [4.69, 9.17) is 16.6 Å². The van der Waals surface area contributed by atoms with Crippen LogP contribution in [0.25, 0.3) is 11.3 Å². The lowest BCUT2D eigenvalue weighted by Gasteiger charge is -2.06. The maximum absolute atomic E-state index is 5.92. The second kappa shape index (κ2) is 8.29. The van der Waals surface area contributed by atoms with Crippen LogP contribution in [0.2, 0.25) is 5.02 Å². The molecule has 0 spiro atoms. The number of hydrogen-bond donors (Lipinski definition) is 0. The van der Waals surface area contributed by atoms with Gasteiger partial charge < -0.3 is 4.57 Å². The number of benzene rings is 2. The molecule has 3 rings (SSSR count). The van der Waals surface area contributed by atoms with E-state index in [9.17, 15) is 0 Å². The van der Waals surface area contributed by atoms with E-state index in [1.54, 1.807) is 11.3 Å². The van der Waals surface area contributed by atoms with Gasteiger partial charge in [-0.05, 0) is 29.8 Å². The molecule has 0 aliphatic rings. The maximum Gasteiger partial charge on any atom is 0.190 e. The number of hydrogen-bond acceptors (Lipinski definition) is 2. The van der Waals surface area contributed by atoms with Crippen molar-refractivity contribution in [3.05, 3.63) is 82.5 Å². The van der Waals surface area contributed by atoms with Gasteiger partial charge in [0.1, 0.15) is 0 Å². The lowest BCUT2D eigenvalue weighted by molar-refractivity contribution is 0.800. The molecule has 0 amide bonds. The van der Waals surface area contributed by atoms with Gasteiger partial charge in [-0.1, -0.05) is 48.0 Å². The Morgan fingerprint density at radius 2 is 1.78 bits per heavy atom. The summed E-state index contributed by atoms with van der Waals surface area (Å²) >= 11 is 7.55. The molecule has 0 atom stereocenters. The van der Waals surface area contributed by atoms with Crippen molar-refractivity contribution in [3.63, 3.8) is 0 Å². The van der Waals surface area contributed by atoms with Crippen LogP contribution in [0.5, 0.6) is 0 Å². The summed E-state index contributed by atoms with van der Waals surface area (Å²) in [6, 6.07) is 17.9. The van der Waals surface area contributed by atoms with E-state index in [1.807, 2.05) is 48.5 Å². The third kappa shape index (κ3) is 4.22. The number of thiazole rings is 1. The molecule has 0 saturated carbocycles. The molecular formula is C18H16BrClN2S. The molecule has 1 heterocycles. The predicted octanol–water partition coefficient (Wildman–Crippen LogP) is 5.87. The molecule has 0 N–H and O–H groups in total. The van der Waals surface area contributed by atoms with E-state index < -0.39 is 0 Å². The molecule has 2 aromatic carbocycles. The highest BCUT2D eigenvalue weighted by atomic mass is 79.9. The van der Waals surface area contributed by atoms with E-state index in [0.717, 1.165) is 22.7 Å². The first-order chi connectivity index (χ1) is 10.8. The Balaban J connectivity index is 0.00000192. The molecule has 2 nitrogen and oxygen atoms in total. The van der Waals surface area contributed by atoms with Crippen molar-refractivity contribution in [2.75, 3.05) is 0 Å². The quantitative estimate of drug-likeness (QED) is 0.481. The van der Waals surface area contributed by atoms with Crippen molar-refractivity contribution in [3.8, 4) is 11.3 Å². The fourth-order valence-electron chi connectivity index (χ4n) is 2.19. The maximum atomic E-state index is 5.92. The van der Waals surface area contributed by atoms with E-state index in [2.05, 4.69) is 28.7 Å². The molecule has 23 heavy (non-hydrogen) atoms. The van der Waals surface area contributed by atoms with Crippen LogP contribution in [-0.4, -0.2) is 4.57 Å². The topological polar surface area (TPSA) is 17.3 Å². The van der Waals surface area contributed by atoms with Crippen LogP contribution in [0.4, 0.5) is 5.69 Å². The molecule has 0 fully saturated rings. The lowest BCUT2D eigenvalue weighted by Crippen LogP contribution is -2.14. The third-order valence-electron chi connectivity index (χ3n) is 3.23. The normalized spacial score (nSPS) is 11.1. The Hall–Kier alpha value is -1.62. The number of nitrogens with zero attached hydrogens (tertiary/aromatic N) is 2. The Kier molecular flexibility index (Phi) is 6.39. The molecule has 0 unspecified atom stereocenters. The Labute approximate surface area is 155 Å². The fraction of sp³-hybridized carbons (Fsp3) is 0.0556. The smallest absolute Gasteiger partial charge is 0.190 e. The van der Waals surface area contributed by atoms with Gasteiger partial charge in [0.05, 0.1) is 11.4 Å². The number of halogens is 2. The summed E-state index contributed by atoms with van der Waals surface area (Å²) in [6.07, 6.45) is 1.89. The van der Waals surface area contributed by atoms with Gasteiger partial charge >= 0.3 is 0 Å². The third-order valence-corrected chi connectivity index (χ3v) is 4.35. The van der Waals surface area contributed by atoms with Crippen molar-refractivity contribution >= 4 is 45.6 Å². The average Bonchev–Trinajstić information content (AvgIpc) is 2.94. The minimum absolute atomic E-state index is 0. The van der Waals surface area contributed by atoms with Crippen molar-refractivity contribution in [2.45, 2.75) is 6.54 Å². The van der Waals surface area contributed by atoms with E-state index in [1.165, 1.54) is 5.56 Å². The summed E-state index contributed by atoms with van der Waals surface area (Å²) in [6.45, 7) is 4.58. The zero-order valence-electron chi connectivity index (χ0n) is 12.4. The summed E-state index contributed by atoms with van der Waals surface area (Å²) in [5.74, 6) is 0. The van der Waals surface area contributed by atoms with Crippen LogP contribution < -0.4 is 4.80 Å². The van der Waals surface area contributed by atoms with Gasteiger partial charge in [-0.3, -0.25) is 0 Å². The molecule has 3 aromatic rings. The number of rotatable bonds is 4. The highest BCUT2D eigenvalue weighted by Gasteiger charge is 2.06. The van der Waals surface area contributed by atoms with Gasteiger partial charge in [-0.25, -0.2) is 4.99 Å². The van der Waals surface area contributed by atoms with Gasteiger partial charge in [0.15, 0.2) is 4.80 Å². The van der Waals surface area contributed by atoms with Crippen LogP contribution in [0.3, 0.4) is 0 Å². The van der Waals surface area contributed by atoms with Gasteiger partial charge in [0, 0.05) is 16.9 Å². The summed E-state index contributed by atoms with van der Waals surface area (Å²) < 4.78 is 2.17. The number of allylic oxidation sites excluding steroid dienone is 1. The average molecular weight is 408 g/mol. The van der Waals surface area contributed by atoms with Crippen LogP contribution >= 0.6 is 39.9 Å². The van der Waals surface area contributed by atoms with Gasteiger partial charge in [-0.15, -0.1) is 34.9 Å². The van der Waals surface area contributed by atoms with Crippen LogP contribution in [0.1, 0.15) is 0 Å². The van der Waals surface area contributed by atoms with Gasteiger partial charge in [-0.2, -0.15) is 0 Å². The van der Waals surface area contributed by atoms with Crippen molar-refractivity contribution in [2.24, 2.45) is 4.99 Å². The minimum atomic E-state index is 0. The first kappa shape index (κ1) is 17.7. The largest absolute Gasteiger partial charge is 0.313 e. The fourth-order valence-corrected chi connectivity index (χ4v) is 3.25. The molecule has 0 aliphatic carbocycles. The second-order valence-electron chi connectivity index (χ2n) is 4.76. The van der Waals surface area contributed by atoms with Gasteiger partial charge in [0.25, 0.3) is 0 Å². The first-order valence-electron chi connectivity index (χ1n) is 6.93. The van der Waals surface area contributed by atoms with E-state index in [-0.39, 0.29) is 17.0 Å². The van der Waals surface area contributed by atoms with Crippen molar-refractivity contribution < 1.29 is 0 Å². The lowest BCUT2D eigenvalue weighted by atomic mass is 10.2. The Bertz CT molecular complexity index is 835. The minimum Gasteiger partial charge on any atom is -0.313 e. The standard InChI is InChI=1S/C18H15ClN2S.BrH/c1-2-12-21-17(14-6-4-3-5-7-14)13-22-18(21)20-16-10-8-15(19)9-11-16;/h2-11,13H,1,12H2;1H. The SMILES string of the molecule is Br.C=CCn1c(-c2ccccc2)csc1=Nc1ccc(Cl)cc1. The highest BCUT2D eigenvalue weighted by Crippen LogP contribution is 2.21. The zero-order valence-corrected chi connectivity index (χ0v) is 15.6. The van der Waals surface area contributed by atoms with Crippen molar-refractivity contribution in [1.29, 1.82) is 0 Å². The Morgan fingerprint density at radius 1 is 1.09 bits per heavy atom. The van der Waals surface area contributed by atoms with E-state index in [0.29, 0.717) is 5.02 Å². The second-order valence-corrected chi connectivity index (χ2v) is 6.03. The van der Waals surface area contributed by atoms with E-state index >= 15 is 0 Å². The monoisotopic (exact) mass is 406 g/mol. The number of aromatic nitrogens is 1. The predicted molar refractivity (Wildman–Crippen MR) is 105 cm³/mol. The molecule has 0 aliphatic heterocycles. The Morgan fingerprint density at radius 3 is 2.43 bits per heavy atom. The highest BCUT2D eigenvalue weighted by molar-refractivity contribution is 8.93. The molecule has 118 valence electrons. The van der Waals surface area contributed by atoms with Crippen molar-refractivity contribution in [1.82, 2.24) is 4.57 Å². The zero-order chi connectivity index (χ0) is 15.4. The van der Waals surface area contributed by atoms with Crippen LogP contribution in [0, 0.1) is 0 Å². The molecule has 0 bridgehead atoms. The molecular weight excluding hydrogens is 392 g/mol. The van der Waals surface area contributed by atoms with Crippen LogP contribution in [0.15, 0.2) is 77.6 Å². The summed E-state index contributed by atoms with van der Waals surface area (Å²) in [7, 11) is 0. The molecule has 1 aromatic heterocycles. The molecule has 5 heteroatoms. The summed E-state index contributed by atoms with van der Waals surface area (Å²) in [4.78, 5) is 5.67.